The molecule has 4 nitrogen and oxygen atoms in total. The van der Waals surface area contributed by atoms with Crippen LogP contribution < -0.4 is 5.32 Å². The van der Waals surface area contributed by atoms with Crippen molar-refractivity contribution in [2.24, 2.45) is 0 Å². The molecule has 0 atom stereocenters. The lowest BCUT2D eigenvalue weighted by atomic mass is 10.1. The molecule has 1 aliphatic rings. The molecule has 3 rings (SSSR count). The van der Waals surface area contributed by atoms with Crippen molar-refractivity contribution in [1.82, 2.24) is 9.80 Å². The molecule has 138 valence electrons. The summed E-state index contributed by atoms with van der Waals surface area (Å²) in [5.41, 5.74) is 1.48. The number of carbonyl (C=O) groups is 1. The van der Waals surface area contributed by atoms with Gasteiger partial charge in [-0.3, -0.25) is 9.69 Å². The predicted octanol–water partition coefficient (Wildman–Crippen LogP) is 2.76. The molecule has 6 heteroatoms. The first kappa shape index (κ1) is 18.5. The van der Waals surface area contributed by atoms with E-state index in [9.17, 15) is 13.6 Å². The van der Waals surface area contributed by atoms with Crippen LogP contribution in [0.2, 0.25) is 0 Å². The third-order valence-electron chi connectivity index (χ3n) is 4.54. The molecule has 0 aromatic heterocycles. The normalized spacial score (nSPS) is 15.8. The quantitative estimate of drug-likeness (QED) is 0.862. The minimum atomic E-state index is -0.702. The molecule has 0 bridgehead atoms. The lowest BCUT2D eigenvalue weighted by molar-refractivity contribution is -0.117. The number of hydrogen-bond donors (Lipinski definition) is 1. The smallest absolute Gasteiger partial charge is 0.238 e. The van der Waals surface area contributed by atoms with Crippen LogP contribution >= 0.6 is 0 Å². The van der Waals surface area contributed by atoms with Gasteiger partial charge in [0.05, 0.1) is 6.54 Å². The van der Waals surface area contributed by atoms with Crippen LogP contribution in [0.4, 0.5) is 14.5 Å². The van der Waals surface area contributed by atoms with Crippen LogP contribution in [-0.2, 0) is 11.2 Å². The highest BCUT2D eigenvalue weighted by atomic mass is 19.1. The zero-order chi connectivity index (χ0) is 18.4. The van der Waals surface area contributed by atoms with E-state index in [0.717, 1.165) is 57.3 Å². The van der Waals surface area contributed by atoms with Crippen LogP contribution in [0, 0.1) is 11.6 Å². The van der Waals surface area contributed by atoms with Gasteiger partial charge in [0.25, 0.3) is 0 Å². The van der Waals surface area contributed by atoms with Gasteiger partial charge in [-0.2, -0.15) is 0 Å². The highest BCUT2D eigenvalue weighted by molar-refractivity contribution is 5.92. The number of halogens is 2. The second kappa shape index (κ2) is 8.87. The fourth-order valence-corrected chi connectivity index (χ4v) is 3.13. The summed E-state index contributed by atoms with van der Waals surface area (Å²) in [5.74, 6) is -1.66. The first-order valence-corrected chi connectivity index (χ1v) is 8.83. The molecule has 1 amide bonds. The lowest BCUT2D eigenvalue weighted by Gasteiger charge is -2.34. The van der Waals surface area contributed by atoms with E-state index in [-0.39, 0.29) is 18.1 Å². The van der Waals surface area contributed by atoms with Gasteiger partial charge in [-0.05, 0) is 24.1 Å². The Labute approximate surface area is 152 Å². The Balaban J connectivity index is 1.40. The van der Waals surface area contributed by atoms with E-state index in [1.165, 1.54) is 5.56 Å². The Hall–Kier alpha value is -2.31. The number of piperazine rings is 1. The standard InChI is InChI=1S/C20H23F2N3O/c21-17-12-18(22)14-19(13-17)23-20(26)15-25-10-8-24(9-11-25)7-6-16-4-2-1-3-5-16/h1-5,12-14H,6-11,15H2,(H,23,26). The second-order valence-corrected chi connectivity index (χ2v) is 6.56. The van der Waals surface area contributed by atoms with Gasteiger partial charge < -0.3 is 10.2 Å². The molecule has 0 radical (unpaired) electrons. The van der Waals surface area contributed by atoms with E-state index in [2.05, 4.69) is 39.4 Å². The van der Waals surface area contributed by atoms with Crippen molar-refractivity contribution in [3.63, 3.8) is 0 Å². The van der Waals surface area contributed by atoms with Crippen LogP contribution in [0.3, 0.4) is 0 Å². The zero-order valence-corrected chi connectivity index (χ0v) is 14.6. The maximum absolute atomic E-state index is 13.2. The maximum Gasteiger partial charge on any atom is 0.238 e. The van der Waals surface area contributed by atoms with Gasteiger partial charge in [0.1, 0.15) is 11.6 Å². The number of hydrogen-bond acceptors (Lipinski definition) is 3. The average Bonchev–Trinajstić information content (AvgIpc) is 2.61. The van der Waals surface area contributed by atoms with E-state index >= 15 is 0 Å². The predicted molar refractivity (Wildman–Crippen MR) is 98.0 cm³/mol. The van der Waals surface area contributed by atoms with Gasteiger partial charge in [-0.15, -0.1) is 0 Å². The molecule has 1 fully saturated rings. The Morgan fingerprint density at radius 2 is 1.54 bits per heavy atom. The number of carbonyl (C=O) groups excluding carboxylic acids is 1. The van der Waals surface area contributed by atoms with E-state index in [0.29, 0.717) is 0 Å². The number of rotatable bonds is 6. The summed E-state index contributed by atoms with van der Waals surface area (Å²) in [6.45, 7) is 4.67. The van der Waals surface area contributed by atoms with Gasteiger partial charge in [0.15, 0.2) is 0 Å². The SMILES string of the molecule is O=C(CN1CCN(CCc2ccccc2)CC1)Nc1cc(F)cc(F)c1. The molecular formula is C20H23F2N3O. The average molecular weight is 359 g/mol. The fraction of sp³-hybridized carbons (Fsp3) is 0.350. The van der Waals surface area contributed by atoms with Gasteiger partial charge >= 0.3 is 0 Å². The van der Waals surface area contributed by atoms with Crippen LogP contribution in [0.15, 0.2) is 48.5 Å². The van der Waals surface area contributed by atoms with Crippen LogP contribution in [-0.4, -0.2) is 55.0 Å². The summed E-state index contributed by atoms with van der Waals surface area (Å²) in [6.07, 6.45) is 1.02. The van der Waals surface area contributed by atoms with Crippen LogP contribution in [0.1, 0.15) is 5.56 Å². The van der Waals surface area contributed by atoms with Crippen molar-refractivity contribution < 1.29 is 13.6 Å². The molecule has 1 N–H and O–H groups in total. The van der Waals surface area contributed by atoms with Crippen molar-refractivity contribution >= 4 is 11.6 Å². The van der Waals surface area contributed by atoms with Gasteiger partial charge in [-0.1, -0.05) is 30.3 Å². The van der Waals surface area contributed by atoms with Gasteiger partial charge in [0.2, 0.25) is 5.91 Å². The molecule has 1 saturated heterocycles. The first-order valence-electron chi connectivity index (χ1n) is 8.83. The number of amides is 1. The van der Waals surface area contributed by atoms with E-state index in [1.807, 2.05) is 6.07 Å². The summed E-state index contributed by atoms with van der Waals surface area (Å²) >= 11 is 0. The molecule has 1 heterocycles. The molecule has 0 saturated carbocycles. The number of nitrogens with zero attached hydrogens (tertiary/aromatic N) is 2. The molecular weight excluding hydrogens is 336 g/mol. The molecule has 2 aromatic rings. The minimum Gasteiger partial charge on any atom is -0.325 e. The molecule has 2 aromatic carbocycles. The summed E-state index contributed by atoms with van der Waals surface area (Å²) in [6, 6.07) is 13.4. The maximum atomic E-state index is 13.2. The Morgan fingerprint density at radius 3 is 2.19 bits per heavy atom. The summed E-state index contributed by atoms with van der Waals surface area (Å²) in [4.78, 5) is 16.5. The number of anilines is 1. The van der Waals surface area contributed by atoms with E-state index < -0.39 is 11.6 Å². The second-order valence-electron chi connectivity index (χ2n) is 6.56. The highest BCUT2D eigenvalue weighted by Gasteiger charge is 2.19. The fourth-order valence-electron chi connectivity index (χ4n) is 3.13. The van der Waals surface area contributed by atoms with E-state index in [1.54, 1.807) is 0 Å². The van der Waals surface area contributed by atoms with E-state index in [4.69, 9.17) is 0 Å². The first-order chi connectivity index (χ1) is 12.6. The Bertz CT molecular complexity index is 711. The van der Waals surface area contributed by atoms with Crippen molar-refractivity contribution in [2.75, 3.05) is 44.6 Å². The van der Waals surface area contributed by atoms with Crippen molar-refractivity contribution in [3.05, 3.63) is 65.7 Å². The number of nitrogens with one attached hydrogen (secondary N) is 1. The Kier molecular flexibility index (Phi) is 6.30. The molecule has 1 aliphatic heterocycles. The summed E-state index contributed by atoms with van der Waals surface area (Å²) < 4.78 is 26.3. The molecule has 0 unspecified atom stereocenters. The number of benzene rings is 2. The third kappa shape index (κ3) is 5.61. The van der Waals surface area contributed by atoms with Crippen LogP contribution in [0.5, 0.6) is 0 Å². The molecule has 0 spiro atoms. The monoisotopic (exact) mass is 359 g/mol. The molecule has 26 heavy (non-hydrogen) atoms. The highest BCUT2D eigenvalue weighted by Crippen LogP contribution is 2.13. The third-order valence-corrected chi connectivity index (χ3v) is 4.54. The van der Waals surface area contributed by atoms with Crippen LogP contribution in [0.25, 0.3) is 0 Å². The topological polar surface area (TPSA) is 35.6 Å². The van der Waals surface area contributed by atoms with Crippen molar-refractivity contribution in [1.29, 1.82) is 0 Å². The summed E-state index contributed by atoms with van der Waals surface area (Å²) in [5, 5.41) is 2.55. The van der Waals surface area contributed by atoms with Gasteiger partial charge in [-0.25, -0.2) is 8.78 Å². The zero-order valence-electron chi connectivity index (χ0n) is 14.6. The van der Waals surface area contributed by atoms with Crippen molar-refractivity contribution in [3.8, 4) is 0 Å². The lowest BCUT2D eigenvalue weighted by Crippen LogP contribution is -2.49. The Morgan fingerprint density at radius 1 is 0.923 bits per heavy atom. The summed E-state index contributed by atoms with van der Waals surface area (Å²) in [7, 11) is 0. The largest absolute Gasteiger partial charge is 0.325 e. The molecule has 0 aliphatic carbocycles. The van der Waals surface area contributed by atoms with Crippen molar-refractivity contribution in [2.45, 2.75) is 6.42 Å². The minimum absolute atomic E-state index is 0.147. The van der Waals surface area contributed by atoms with Gasteiger partial charge in [0, 0.05) is 44.5 Å².